The summed E-state index contributed by atoms with van der Waals surface area (Å²) in [6.45, 7) is 3.57. The van der Waals surface area contributed by atoms with Crippen LogP contribution in [0.15, 0.2) is 48.5 Å². The third-order valence-corrected chi connectivity index (χ3v) is 4.82. The predicted octanol–water partition coefficient (Wildman–Crippen LogP) is 2.26. The second-order valence-corrected chi connectivity index (χ2v) is 7.04. The number of carbonyl (C=O) groups is 3. The van der Waals surface area contributed by atoms with Gasteiger partial charge in [0.1, 0.15) is 17.9 Å². The van der Waals surface area contributed by atoms with E-state index in [0.29, 0.717) is 18.5 Å². The normalized spacial score (nSPS) is 18.9. The van der Waals surface area contributed by atoms with Gasteiger partial charge in [-0.1, -0.05) is 42.0 Å². The van der Waals surface area contributed by atoms with E-state index in [0.717, 1.165) is 16.0 Å². The van der Waals surface area contributed by atoms with Gasteiger partial charge < -0.3 is 10.6 Å². The number of hydrogen-bond acceptors (Lipinski definition) is 3. The van der Waals surface area contributed by atoms with Gasteiger partial charge in [0.05, 0.1) is 0 Å². The lowest BCUT2D eigenvalue weighted by Gasteiger charge is -2.22. The number of halogens is 1. The maximum Gasteiger partial charge on any atom is 0.325 e. The zero-order chi connectivity index (χ0) is 20.3. The summed E-state index contributed by atoms with van der Waals surface area (Å²) in [5.41, 5.74) is 1.36. The molecule has 0 saturated carbocycles. The molecule has 28 heavy (non-hydrogen) atoms. The first kappa shape index (κ1) is 19.5. The van der Waals surface area contributed by atoms with Crippen molar-refractivity contribution in [2.75, 3.05) is 13.1 Å². The van der Waals surface area contributed by atoms with Crippen molar-refractivity contribution in [2.45, 2.75) is 25.8 Å². The summed E-state index contributed by atoms with van der Waals surface area (Å²) in [6.07, 6.45) is 0.654. The van der Waals surface area contributed by atoms with Crippen LogP contribution in [0.5, 0.6) is 0 Å². The first-order valence-corrected chi connectivity index (χ1v) is 9.02. The van der Waals surface area contributed by atoms with Gasteiger partial charge in [-0.05, 0) is 43.5 Å². The van der Waals surface area contributed by atoms with Crippen molar-refractivity contribution in [3.63, 3.8) is 0 Å². The molecule has 146 valence electrons. The first-order valence-electron chi connectivity index (χ1n) is 9.02. The highest BCUT2D eigenvalue weighted by Gasteiger charge is 2.49. The molecule has 1 atom stereocenters. The van der Waals surface area contributed by atoms with Gasteiger partial charge in [0, 0.05) is 6.54 Å². The average Bonchev–Trinajstić information content (AvgIpc) is 2.86. The lowest BCUT2D eigenvalue weighted by Crippen LogP contribution is -2.43. The molecule has 0 aromatic heterocycles. The smallest absolute Gasteiger partial charge is 0.325 e. The summed E-state index contributed by atoms with van der Waals surface area (Å²) in [6, 6.07) is 12.7. The van der Waals surface area contributed by atoms with Crippen LogP contribution >= 0.6 is 0 Å². The lowest BCUT2D eigenvalue weighted by molar-refractivity contribution is -0.134. The Bertz CT molecular complexity index is 913. The number of benzene rings is 2. The van der Waals surface area contributed by atoms with E-state index in [9.17, 15) is 18.8 Å². The van der Waals surface area contributed by atoms with Gasteiger partial charge in [0.2, 0.25) is 5.91 Å². The van der Waals surface area contributed by atoms with Crippen molar-refractivity contribution < 1.29 is 18.8 Å². The molecule has 0 radical (unpaired) electrons. The van der Waals surface area contributed by atoms with Crippen molar-refractivity contribution in [1.82, 2.24) is 15.5 Å². The molecule has 1 unspecified atom stereocenters. The van der Waals surface area contributed by atoms with Gasteiger partial charge in [-0.15, -0.1) is 0 Å². The number of rotatable bonds is 6. The van der Waals surface area contributed by atoms with Gasteiger partial charge in [-0.25, -0.2) is 9.18 Å². The summed E-state index contributed by atoms with van der Waals surface area (Å²) in [7, 11) is 0. The highest BCUT2D eigenvalue weighted by atomic mass is 19.1. The van der Waals surface area contributed by atoms with E-state index in [1.807, 2.05) is 31.2 Å². The van der Waals surface area contributed by atoms with Crippen molar-refractivity contribution in [1.29, 1.82) is 0 Å². The van der Waals surface area contributed by atoms with Crippen LogP contribution in [0.2, 0.25) is 0 Å². The molecule has 2 aromatic rings. The van der Waals surface area contributed by atoms with Gasteiger partial charge >= 0.3 is 6.03 Å². The van der Waals surface area contributed by atoms with Crippen molar-refractivity contribution in [3.05, 3.63) is 71.0 Å². The quantitative estimate of drug-likeness (QED) is 0.751. The predicted molar refractivity (Wildman–Crippen MR) is 102 cm³/mol. The topological polar surface area (TPSA) is 78.5 Å². The maximum atomic E-state index is 13.1. The number of nitrogens with zero attached hydrogens (tertiary/aromatic N) is 1. The Morgan fingerprint density at radius 2 is 1.89 bits per heavy atom. The zero-order valence-corrected chi connectivity index (χ0v) is 15.8. The fraction of sp³-hybridized carbons (Fsp3) is 0.286. The van der Waals surface area contributed by atoms with Gasteiger partial charge in [-0.2, -0.15) is 0 Å². The number of carbonyl (C=O) groups excluding carboxylic acids is 3. The van der Waals surface area contributed by atoms with Crippen LogP contribution in [0.1, 0.15) is 23.6 Å². The fourth-order valence-corrected chi connectivity index (χ4v) is 3.23. The van der Waals surface area contributed by atoms with E-state index in [2.05, 4.69) is 10.6 Å². The van der Waals surface area contributed by atoms with Crippen LogP contribution in [-0.4, -0.2) is 35.8 Å². The van der Waals surface area contributed by atoms with Crippen molar-refractivity contribution in [3.8, 4) is 0 Å². The highest BCUT2D eigenvalue weighted by molar-refractivity contribution is 6.09. The standard InChI is InChI=1S/C21H22FN3O3/c1-14-4-3-5-15(12-14)10-11-23-18(26)13-25-19(27)21(2,24-20(25)28)16-6-8-17(22)9-7-16/h3-9,12H,10-11,13H2,1-2H3,(H,23,26)(H,24,28). The summed E-state index contributed by atoms with van der Waals surface area (Å²) < 4.78 is 13.1. The number of aryl methyl sites for hydroxylation is 1. The van der Waals surface area contributed by atoms with Crippen LogP contribution in [0.25, 0.3) is 0 Å². The van der Waals surface area contributed by atoms with E-state index in [4.69, 9.17) is 0 Å². The Kier molecular flexibility index (Phi) is 5.44. The van der Waals surface area contributed by atoms with E-state index in [1.165, 1.54) is 31.2 Å². The molecule has 1 saturated heterocycles. The maximum absolute atomic E-state index is 13.1. The molecule has 1 fully saturated rings. The number of urea groups is 1. The molecule has 2 N–H and O–H groups in total. The largest absolute Gasteiger partial charge is 0.354 e. The molecular weight excluding hydrogens is 361 g/mol. The summed E-state index contributed by atoms with van der Waals surface area (Å²) in [5, 5.41) is 5.33. The summed E-state index contributed by atoms with van der Waals surface area (Å²) in [5.74, 6) is -1.40. The van der Waals surface area contributed by atoms with E-state index >= 15 is 0 Å². The lowest BCUT2D eigenvalue weighted by atomic mass is 9.92. The number of hydrogen-bond donors (Lipinski definition) is 2. The third kappa shape index (κ3) is 4.03. The Hall–Kier alpha value is -3.22. The molecule has 4 amide bonds. The van der Waals surface area contributed by atoms with E-state index in [1.54, 1.807) is 0 Å². The number of amides is 4. The second kappa shape index (κ2) is 7.80. The van der Waals surface area contributed by atoms with Crippen LogP contribution in [0.3, 0.4) is 0 Å². The molecule has 1 aliphatic heterocycles. The number of imide groups is 1. The molecule has 3 rings (SSSR count). The van der Waals surface area contributed by atoms with Crippen LogP contribution in [0.4, 0.5) is 9.18 Å². The van der Waals surface area contributed by atoms with Crippen molar-refractivity contribution in [2.24, 2.45) is 0 Å². The molecule has 1 heterocycles. The van der Waals surface area contributed by atoms with E-state index in [-0.39, 0.29) is 6.54 Å². The monoisotopic (exact) mass is 383 g/mol. The average molecular weight is 383 g/mol. The molecule has 0 aliphatic carbocycles. The minimum absolute atomic E-state index is 0.366. The molecule has 2 aromatic carbocycles. The molecule has 7 heteroatoms. The Balaban J connectivity index is 1.59. The summed E-state index contributed by atoms with van der Waals surface area (Å²) in [4.78, 5) is 38.1. The molecular formula is C21H22FN3O3. The van der Waals surface area contributed by atoms with Crippen LogP contribution < -0.4 is 10.6 Å². The Morgan fingerprint density at radius 3 is 2.57 bits per heavy atom. The zero-order valence-electron chi connectivity index (χ0n) is 15.8. The SMILES string of the molecule is Cc1cccc(CCNC(=O)CN2C(=O)NC(C)(c3ccc(F)cc3)C2=O)c1. The minimum atomic E-state index is -1.33. The Labute approximate surface area is 162 Å². The third-order valence-electron chi connectivity index (χ3n) is 4.82. The van der Waals surface area contributed by atoms with Gasteiger partial charge in [0.25, 0.3) is 5.91 Å². The minimum Gasteiger partial charge on any atom is -0.354 e. The van der Waals surface area contributed by atoms with Crippen LogP contribution in [0, 0.1) is 12.7 Å². The van der Waals surface area contributed by atoms with Gasteiger partial charge in [-0.3, -0.25) is 14.5 Å². The Morgan fingerprint density at radius 1 is 1.18 bits per heavy atom. The molecule has 1 aliphatic rings. The molecule has 6 nitrogen and oxygen atoms in total. The first-order chi connectivity index (χ1) is 13.3. The molecule has 0 spiro atoms. The highest BCUT2D eigenvalue weighted by Crippen LogP contribution is 2.28. The van der Waals surface area contributed by atoms with Gasteiger partial charge in [0.15, 0.2) is 0 Å². The molecule has 0 bridgehead atoms. The van der Waals surface area contributed by atoms with Crippen molar-refractivity contribution >= 4 is 17.8 Å². The summed E-state index contributed by atoms with van der Waals surface area (Å²) >= 11 is 0. The fourth-order valence-electron chi connectivity index (χ4n) is 3.23. The van der Waals surface area contributed by atoms with E-state index < -0.39 is 29.2 Å². The number of nitrogens with one attached hydrogen (secondary N) is 2. The second-order valence-electron chi connectivity index (χ2n) is 7.04. The van der Waals surface area contributed by atoms with Crippen LogP contribution in [-0.2, 0) is 21.5 Å².